The Morgan fingerprint density at radius 3 is 3.20 bits per heavy atom. The quantitative estimate of drug-likeness (QED) is 0.789. The number of fused-ring (bicyclic) bond motifs is 1. The molecule has 7 heteroatoms. The highest BCUT2D eigenvalue weighted by Gasteiger charge is 2.36. The SMILES string of the molecule is O[C@@H]1CN[C@@H](c2nc(C3CN4CCCC4CO3)no2)C1. The first kappa shape index (κ1) is 12.7. The first-order chi connectivity index (χ1) is 9.79. The minimum absolute atomic E-state index is 0.0330. The summed E-state index contributed by atoms with van der Waals surface area (Å²) in [5.41, 5.74) is 0. The third-order valence-electron chi connectivity index (χ3n) is 4.54. The van der Waals surface area contributed by atoms with Crippen LogP contribution < -0.4 is 5.32 Å². The summed E-state index contributed by atoms with van der Waals surface area (Å²) < 4.78 is 11.2. The lowest BCUT2D eigenvalue weighted by atomic mass is 10.2. The van der Waals surface area contributed by atoms with E-state index in [1.54, 1.807) is 0 Å². The summed E-state index contributed by atoms with van der Waals surface area (Å²) in [5.74, 6) is 1.19. The molecule has 3 saturated heterocycles. The van der Waals surface area contributed by atoms with E-state index in [4.69, 9.17) is 9.26 Å². The maximum Gasteiger partial charge on any atom is 0.243 e. The van der Waals surface area contributed by atoms with Crippen molar-refractivity contribution in [2.45, 2.75) is 43.6 Å². The van der Waals surface area contributed by atoms with Crippen LogP contribution in [0, 0.1) is 0 Å². The van der Waals surface area contributed by atoms with Gasteiger partial charge in [-0.3, -0.25) is 4.90 Å². The van der Waals surface area contributed by atoms with Crippen LogP contribution in [-0.4, -0.2) is 58.5 Å². The summed E-state index contributed by atoms with van der Waals surface area (Å²) in [7, 11) is 0. The summed E-state index contributed by atoms with van der Waals surface area (Å²) in [6, 6.07) is 0.540. The predicted molar refractivity (Wildman–Crippen MR) is 69.0 cm³/mol. The normalized spacial score (nSPS) is 38.2. The zero-order chi connectivity index (χ0) is 13.5. The standard InChI is InChI=1S/C13H20N4O3/c18-9-4-10(14-5-9)13-15-12(16-20-13)11-6-17-3-1-2-8(17)7-19-11/h8-11,14,18H,1-7H2/t8?,9-,10+,11?/m0/s1. The van der Waals surface area contributed by atoms with Gasteiger partial charge < -0.3 is 19.7 Å². The molecule has 3 aliphatic heterocycles. The molecule has 4 rings (SSSR count). The van der Waals surface area contributed by atoms with Gasteiger partial charge in [-0.15, -0.1) is 0 Å². The Morgan fingerprint density at radius 1 is 1.40 bits per heavy atom. The molecule has 0 radical (unpaired) electrons. The maximum absolute atomic E-state index is 9.54. The molecule has 7 nitrogen and oxygen atoms in total. The summed E-state index contributed by atoms with van der Waals surface area (Å²) in [6.07, 6.45) is 2.69. The smallest absolute Gasteiger partial charge is 0.243 e. The van der Waals surface area contributed by atoms with E-state index in [2.05, 4.69) is 20.4 Å². The Labute approximate surface area is 117 Å². The lowest BCUT2D eigenvalue weighted by Crippen LogP contribution is -2.42. The highest BCUT2D eigenvalue weighted by Crippen LogP contribution is 2.30. The van der Waals surface area contributed by atoms with Crippen LogP contribution >= 0.6 is 0 Å². The molecule has 0 aliphatic carbocycles. The van der Waals surface area contributed by atoms with Gasteiger partial charge in [0.15, 0.2) is 0 Å². The van der Waals surface area contributed by atoms with Crippen molar-refractivity contribution >= 4 is 0 Å². The average molecular weight is 280 g/mol. The highest BCUT2D eigenvalue weighted by molar-refractivity contribution is 5.01. The number of morpholine rings is 1. The number of aromatic nitrogens is 2. The van der Waals surface area contributed by atoms with Crippen molar-refractivity contribution in [3.05, 3.63) is 11.7 Å². The predicted octanol–water partition coefficient (Wildman–Crippen LogP) is 0.000600. The third kappa shape index (κ3) is 2.24. The Kier molecular flexibility index (Phi) is 3.22. The minimum atomic E-state index is -0.327. The van der Waals surface area contributed by atoms with Gasteiger partial charge >= 0.3 is 0 Å². The topological polar surface area (TPSA) is 83.7 Å². The van der Waals surface area contributed by atoms with Gasteiger partial charge in [-0.1, -0.05) is 5.16 Å². The number of hydrogen-bond acceptors (Lipinski definition) is 7. The van der Waals surface area contributed by atoms with Gasteiger partial charge in [0.2, 0.25) is 11.7 Å². The molecule has 0 saturated carbocycles. The van der Waals surface area contributed by atoms with Crippen molar-refractivity contribution < 1.29 is 14.4 Å². The van der Waals surface area contributed by atoms with E-state index in [0.717, 1.165) is 19.7 Å². The van der Waals surface area contributed by atoms with Crippen LogP contribution in [0.4, 0.5) is 0 Å². The molecule has 1 aromatic heterocycles. The fourth-order valence-corrected chi connectivity index (χ4v) is 3.40. The van der Waals surface area contributed by atoms with E-state index in [9.17, 15) is 5.11 Å². The second-order valence-electron chi connectivity index (χ2n) is 5.95. The van der Waals surface area contributed by atoms with Crippen LogP contribution in [0.1, 0.15) is 43.1 Å². The molecule has 0 amide bonds. The Morgan fingerprint density at radius 2 is 2.35 bits per heavy atom. The second kappa shape index (κ2) is 5.07. The molecule has 0 bridgehead atoms. The van der Waals surface area contributed by atoms with E-state index in [1.165, 1.54) is 12.8 Å². The Bertz CT molecular complexity index is 480. The molecule has 3 aliphatic rings. The molecule has 2 unspecified atom stereocenters. The van der Waals surface area contributed by atoms with Crippen LogP contribution in [0.3, 0.4) is 0 Å². The van der Waals surface area contributed by atoms with Gasteiger partial charge in [-0.25, -0.2) is 0 Å². The van der Waals surface area contributed by atoms with Gasteiger partial charge in [0.25, 0.3) is 0 Å². The molecular weight excluding hydrogens is 260 g/mol. The average Bonchev–Trinajstić information content (AvgIpc) is 3.17. The van der Waals surface area contributed by atoms with E-state index >= 15 is 0 Å². The molecule has 0 aromatic carbocycles. The monoisotopic (exact) mass is 280 g/mol. The Hall–Kier alpha value is -1.02. The molecule has 4 atom stereocenters. The number of hydrogen-bond donors (Lipinski definition) is 2. The molecule has 2 N–H and O–H groups in total. The number of ether oxygens (including phenoxy) is 1. The number of rotatable bonds is 2. The number of aliphatic hydroxyl groups is 1. The fourth-order valence-electron chi connectivity index (χ4n) is 3.40. The number of aliphatic hydroxyl groups excluding tert-OH is 1. The van der Waals surface area contributed by atoms with Gasteiger partial charge in [-0.2, -0.15) is 4.98 Å². The molecule has 20 heavy (non-hydrogen) atoms. The number of β-amino-alcohol motifs (C(OH)–C–C–N with tert-alkyl or cyclic N) is 1. The van der Waals surface area contributed by atoms with Crippen molar-refractivity contribution in [3.63, 3.8) is 0 Å². The van der Waals surface area contributed by atoms with Crippen molar-refractivity contribution in [1.29, 1.82) is 0 Å². The van der Waals surface area contributed by atoms with Crippen LogP contribution in [-0.2, 0) is 4.74 Å². The highest BCUT2D eigenvalue weighted by atomic mass is 16.5. The molecule has 0 spiro atoms. The zero-order valence-corrected chi connectivity index (χ0v) is 11.4. The third-order valence-corrected chi connectivity index (χ3v) is 4.54. The second-order valence-corrected chi connectivity index (χ2v) is 5.95. The van der Waals surface area contributed by atoms with Crippen molar-refractivity contribution in [2.75, 3.05) is 26.2 Å². The van der Waals surface area contributed by atoms with Crippen LogP contribution in [0.2, 0.25) is 0 Å². The lowest BCUT2D eigenvalue weighted by Gasteiger charge is -2.33. The van der Waals surface area contributed by atoms with Gasteiger partial charge in [0, 0.05) is 19.1 Å². The largest absolute Gasteiger partial charge is 0.392 e. The summed E-state index contributed by atoms with van der Waals surface area (Å²) in [6.45, 7) is 3.34. The lowest BCUT2D eigenvalue weighted by molar-refractivity contribution is -0.0548. The first-order valence-electron chi connectivity index (χ1n) is 7.40. The molecule has 1 aromatic rings. The van der Waals surface area contributed by atoms with Crippen LogP contribution in [0.5, 0.6) is 0 Å². The van der Waals surface area contributed by atoms with Crippen molar-refractivity contribution in [2.24, 2.45) is 0 Å². The molecule has 4 heterocycles. The number of nitrogens with zero attached hydrogens (tertiary/aromatic N) is 3. The minimum Gasteiger partial charge on any atom is -0.392 e. The van der Waals surface area contributed by atoms with E-state index in [0.29, 0.717) is 30.7 Å². The van der Waals surface area contributed by atoms with Gasteiger partial charge in [-0.05, 0) is 25.8 Å². The van der Waals surface area contributed by atoms with Gasteiger partial charge in [0.05, 0.1) is 18.8 Å². The fraction of sp³-hybridized carbons (Fsp3) is 0.846. The molecule has 110 valence electrons. The van der Waals surface area contributed by atoms with E-state index in [1.807, 2.05) is 0 Å². The van der Waals surface area contributed by atoms with Gasteiger partial charge in [0.1, 0.15) is 6.10 Å². The van der Waals surface area contributed by atoms with Crippen molar-refractivity contribution in [3.8, 4) is 0 Å². The Balaban J connectivity index is 1.45. The maximum atomic E-state index is 9.54. The zero-order valence-electron chi connectivity index (χ0n) is 11.4. The molecular formula is C13H20N4O3. The van der Waals surface area contributed by atoms with E-state index in [-0.39, 0.29) is 18.2 Å². The summed E-state index contributed by atoms with van der Waals surface area (Å²) in [5, 5.41) is 16.8. The summed E-state index contributed by atoms with van der Waals surface area (Å²) >= 11 is 0. The molecule has 3 fully saturated rings. The first-order valence-corrected chi connectivity index (χ1v) is 7.40. The van der Waals surface area contributed by atoms with E-state index < -0.39 is 0 Å². The van der Waals surface area contributed by atoms with Crippen LogP contribution in [0.15, 0.2) is 4.52 Å². The summed E-state index contributed by atoms with van der Waals surface area (Å²) in [4.78, 5) is 6.92. The number of nitrogens with one attached hydrogen (secondary N) is 1. The van der Waals surface area contributed by atoms with Crippen molar-refractivity contribution in [1.82, 2.24) is 20.4 Å². The van der Waals surface area contributed by atoms with Crippen LogP contribution in [0.25, 0.3) is 0 Å².